The Labute approximate surface area is 97.6 Å². The number of nitrogens with zero attached hydrogens (tertiary/aromatic N) is 1. The Morgan fingerprint density at radius 3 is 2.06 bits per heavy atom. The Hall–Kier alpha value is -2.56. The molecule has 17 heavy (non-hydrogen) atoms. The third kappa shape index (κ3) is 4.21. The number of phenols is 2. The Morgan fingerprint density at radius 1 is 1.06 bits per heavy atom. The van der Waals surface area contributed by atoms with Crippen LogP contribution in [0.4, 0.5) is 0 Å². The molecule has 0 aliphatic rings. The highest BCUT2D eigenvalue weighted by Crippen LogP contribution is 2.21. The first-order valence-corrected chi connectivity index (χ1v) is 4.71. The number of hydrogen-bond donors (Lipinski definition) is 3. The Balaban J connectivity index is 0.000000202. The lowest BCUT2D eigenvalue weighted by Gasteiger charge is -1.98. The van der Waals surface area contributed by atoms with E-state index in [0.29, 0.717) is 0 Å². The van der Waals surface area contributed by atoms with Crippen molar-refractivity contribution in [3.05, 3.63) is 54.4 Å². The van der Waals surface area contributed by atoms with Crippen LogP contribution in [0.3, 0.4) is 0 Å². The SMILES string of the molecule is O=C(O)c1cc(O)ccc1O.c1ccncc1. The quantitative estimate of drug-likeness (QED) is 0.654. The van der Waals surface area contributed by atoms with Gasteiger partial charge in [-0.3, -0.25) is 4.98 Å². The molecule has 5 heteroatoms. The highest BCUT2D eigenvalue weighted by Gasteiger charge is 2.08. The lowest BCUT2D eigenvalue weighted by Crippen LogP contribution is -1.95. The largest absolute Gasteiger partial charge is 0.508 e. The van der Waals surface area contributed by atoms with Gasteiger partial charge >= 0.3 is 5.97 Å². The van der Waals surface area contributed by atoms with Crippen molar-refractivity contribution < 1.29 is 20.1 Å². The van der Waals surface area contributed by atoms with Gasteiger partial charge in [0.1, 0.15) is 17.1 Å². The molecule has 0 atom stereocenters. The number of aromatic nitrogens is 1. The molecule has 0 aliphatic heterocycles. The fourth-order valence-electron chi connectivity index (χ4n) is 1.01. The van der Waals surface area contributed by atoms with E-state index in [-0.39, 0.29) is 17.1 Å². The van der Waals surface area contributed by atoms with Gasteiger partial charge in [0.2, 0.25) is 0 Å². The molecular formula is C12H11NO4. The van der Waals surface area contributed by atoms with Crippen LogP contribution in [0.25, 0.3) is 0 Å². The standard InChI is InChI=1S/C7H6O4.C5H5N/c8-4-1-2-6(9)5(3-4)7(10)11;1-2-4-6-5-3-1/h1-3,8-9H,(H,10,11);1-5H. The molecule has 1 aromatic carbocycles. The zero-order valence-electron chi connectivity index (χ0n) is 8.82. The van der Waals surface area contributed by atoms with E-state index in [0.717, 1.165) is 12.1 Å². The van der Waals surface area contributed by atoms with Crippen molar-refractivity contribution in [2.45, 2.75) is 0 Å². The lowest BCUT2D eigenvalue weighted by atomic mass is 10.2. The number of rotatable bonds is 1. The summed E-state index contributed by atoms with van der Waals surface area (Å²) >= 11 is 0. The zero-order valence-corrected chi connectivity index (χ0v) is 8.82. The van der Waals surface area contributed by atoms with Crippen LogP contribution in [0.2, 0.25) is 0 Å². The normalized spacial score (nSPS) is 8.94. The summed E-state index contributed by atoms with van der Waals surface area (Å²) < 4.78 is 0. The predicted molar refractivity (Wildman–Crippen MR) is 61.0 cm³/mol. The highest BCUT2D eigenvalue weighted by molar-refractivity contribution is 5.91. The average Bonchev–Trinajstić information content (AvgIpc) is 2.35. The summed E-state index contributed by atoms with van der Waals surface area (Å²) in [4.78, 5) is 14.1. The molecular weight excluding hydrogens is 222 g/mol. The van der Waals surface area contributed by atoms with E-state index in [9.17, 15) is 4.79 Å². The van der Waals surface area contributed by atoms with Crippen molar-refractivity contribution in [1.29, 1.82) is 0 Å². The van der Waals surface area contributed by atoms with Gasteiger partial charge in [0.05, 0.1) is 0 Å². The maximum absolute atomic E-state index is 10.3. The third-order valence-electron chi connectivity index (χ3n) is 1.78. The van der Waals surface area contributed by atoms with Gasteiger partial charge in [0.25, 0.3) is 0 Å². The lowest BCUT2D eigenvalue weighted by molar-refractivity contribution is 0.0693. The van der Waals surface area contributed by atoms with Crippen LogP contribution in [-0.4, -0.2) is 26.3 Å². The highest BCUT2D eigenvalue weighted by atomic mass is 16.4. The number of carboxylic acids is 1. The predicted octanol–water partition coefficient (Wildman–Crippen LogP) is 1.88. The van der Waals surface area contributed by atoms with Crippen LogP contribution in [0.5, 0.6) is 11.5 Å². The van der Waals surface area contributed by atoms with Gasteiger partial charge < -0.3 is 15.3 Å². The number of benzene rings is 1. The summed E-state index contributed by atoms with van der Waals surface area (Å²) in [6.45, 7) is 0. The van der Waals surface area contributed by atoms with Crippen LogP contribution in [0.15, 0.2) is 48.8 Å². The summed E-state index contributed by atoms with van der Waals surface area (Å²) in [5.74, 6) is -1.80. The Morgan fingerprint density at radius 2 is 1.71 bits per heavy atom. The fourth-order valence-corrected chi connectivity index (χ4v) is 1.01. The summed E-state index contributed by atoms with van der Waals surface area (Å²) in [6.07, 6.45) is 3.50. The van der Waals surface area contributed by atoms with Crippen molar-refractivity contribution in [2.24, 2.45) is 0 Å². The van der Waals surface area contributed by atoms with E-state index in [1.165, 1.54) is 6.07 Å². The summed E-state index contributed by atoms with van der Waals surface area (Å²) in [5, 5.41) is 26.1. The van der Waals surface area contributed by atoms with Crippen molar-refractivity contribution >= 4 is 5.97 Å². The molecule has 0 bridgehead atoms. The molecule has 0 aliphatic carbocycles. The topological polar surface area (TPSA) is 90.7 Å². The second-order valence-electron chi connectivity index (χ2n) is 3.03. The number of aromatic hydroxyl groups is 2. The molecule has 0 spiro atoms. The van der Waals surface area contributed by atoms with Gasteiger partial charge in [0.15, 0.2) is 0 Å². The fraction of sp³-hybridized carbons (Fsp3) is 0. The maximum Gasteiger partial charge on any atom is 0.339 e. The minimum absolute atomic E-state index is 0.180. The van der Waals surface area contributed by atoms with Crippen molar-refractivity contribution in [3.8, 4) is 11.5 Å². The van der Waals surface area contributed by atoms with Gasteiger partial charge in [-0.05, 0) is 30.3 Å². The summed E-state index contributed by atoms with van der Waals surface area (Å²) in [5.41, 5.74) is -0.301. The molecule has 5 nitrogen and oxygen atoms in total. The van der Waals surface area contributed by atoms with Crippen molar-refractivity contribution in [2.75, 3.05) is 0 Å². The summed E-state index contributed by atoms with van der Waals surface area (Å²) in [6, 6.07) is 9.03. The van der Waals surface area contributed by atoms with Crippen LogP contribution in [0, 0.1) is 0 Å². The average molecular weight is 233 g/mol. The molecule has 0 saturated carbocycles. The zero-order chi connectivity index (χ0) is 12.7. The van der Waals surface area contributed by atoms with E-state index in [1.54, 1.807) is 12.4 Å². The van der Waals surface area contributed by atoms with E-state index < -0.39 is 5.97 Å². The van der Waals surface area contributed by atoms with Gasteiger partial charge in [-0.1, -0.05) is 6.07 Å². The third-order valence-corrected chi connectivity index (χ3v) is 1.78. The molecule has 1 aromatic heterocycles. The Bertz CT molecular complexity index is 458. The first-order valence-electron chi connectivity index (χ1n) is 4.71. The van der Waals surface area contributed by atoms with Crippen molar-refractivity contribution in [3.63, 3.8) is 0 Å². The molecule has 1 heterocycles. The molecule has 0 fully saturated rings. The number of carboxylic acid groups (broad SMARTS) is 1. The second-order valence-corrected chi connectivity index (χ2v) is 3.03. The van der Waals surface area contributed by atoms with E-state index in [4.69, 9.17) is 15.3 Å². The minimum atomic E-state index is -1.27. The Kier molecular flexibility index (Phi) is 4.50. The van der Waals surface area contributed by atoms with E-state index >= 15 is 0 Å². The molecule has 2 aromatic rings. The molecule has 0 saturated heterocycles. The molecule has 2 rings (SSSR count). The number of carbonyl (C=O) groups is 1. The molecule has 88 valence electrons. The maximum atomic E-state index is 10.3. The first-order chi connectivity index (χ1) is 8.11. The van der Waals surface area contributed by atoms with Crippen molar-refractivity contribution in [1.82, 2.24) is 4.98 Å². The number of phenolic OH excluding ortho intramolecular Hbond substituents is 1. The van der Waals surface area contributed by atoms with Crippen LogP contribution >= 0.6 is 0 Å². The van der Waals surface area contributed by atoms with E-state index in [2.05, 4.69) is 4.98 Å². The number of hydrogen-bond acceptors (Lipinski definition) is 4. The molecule has 0 unspecified atom stereocenters. The summed E-state index contributed by atoms with van der Waals surface area (Å²) in [7, 11) is 0. The first kappa shape index (κ1) is 12.5. The number of aromatic carboxylic acids is 1. The van der Waals surface area contributed by atoms with Gasteiger partial charge in [0, 0.05) is 12.4 Å². The van der Waals surface area contributed by atoms with Crippen LogP contribution < -0.4 is 0 Å². The van der Waals surface area contributed by atoms with Gasteiger partial charge in [-0.15, -0.1) is 0 Å². The smallest absolute Gasteiger partial charge is 0.339 e. The monoisotopic (exact) mass is 233 g/mol. The molecule has 0 radical (unpaired) electrons. The molecule has 0 amide bonds. The second kappa shape index (κ2) is 6.12. The molecule has 3 N–H and O–H groups in total. The number of pyridine rings is 1. The minimum Gasteiger partial charge on any atom is -0.508 e. The van der Waals surface area contributed by atoms with Gasteiger partial charge in [-0.2, -0.15) is 0 Å². The van der Waals surface area contributed by atoms with E-state index in [1.807, 2.05) is 18.2 Å². The van der Waals surface area contributed by atoms with Crippen LogP contribution in [-0.2, 0) is 0 Å². The van der Waals surface area contributed by atoms with Crippen LogP contribution in [0.1, 0.15) is 10.4 Å². The van der Waals surface area contributed by atoms with Gasteiger partial charge in [-0.25, -0.2) is 4.79 Å².